The van der Waals surface area contributed by atoms with E-state index in [1.807, 2.05) is 0 Å². The normalized spacial score (nSPS) is 10.2. The van der Waals surface area contributed by atoms with E-state index in [9.17, 15) is 9.59 Å². The maximum atomic E-state index is 12.2. The number of benzene rings is 1. The maximum absolute atomic E-state index is 12.2. The molecule has 0 spiro atoms. The molecule has 0 unspecified atom stereocenters. The van der Waals surface area contributed by atoms with Crippen LogP contribution in [-0.2, 0) is 9.68 Å². The lowest BCUT2D eigenvalue weighted by atomic mass is 10.0. The minimum Gasteiger partial charge on any atom is -0.274 e. The Balaban J connectivity index is 3.31. The number of nitrogens with zero attached hydrogens (tertiary/aromatic N) is 2. The Morgan fingerprint density at radius 3 is 2.05 bits per heavy atom. The fraction of sp³-hybridized carbons (Fsp3) is 0.385. The topological polar surface area (TPSA) is 59.1 Å². The zero-order chi connectivity index (χ0) is 14.6. The van der Waals surface area contributed by atoms with Crippen molar-refractivity contribution in [2.24, 2.45) is 0 Å². The minimum atomic E-state index is -0.390. The van der Waals surface area contributed by atoms with E-state index in [4.69, 9.17) is 9.68 Å². The molecule has 0 aromatic heterocycles. The third-order valence-electron chi connectivity index (χ3n) is 2.84. The molecule has 0 N–H and O–H groups in total. The van der Waals surface area contributed by atoms with E-state index in [0.29, 0.717) is 11.1 Å². The van der Waals surface area contributed by atoms with E-state index in [2.05, 4.69) is 0 Å². The number of rotatable bonds is 4. The zero-order valence-corrected chi connectivity index (χ0v) is 11.8. The lowest BCUT2D eigenvalue weighted by molar-refractivity contribution is -0.0780. The summed E-state index contributed by atoms with van der Waals surface area (Å²) in [6.45, 7) is 1.76. The number of carbonyl (C=O) groups excluding carboxylic acids is 2. The molecule has 1 aromatic carbocycles. The predicted octanol–water partition coefficient (Wildman–Crippen LogP) is 1.26. The predicted molar refractivity (Wildman–Crippen MR) is 69.4 cm³/mol. The van der Waals surface area contributed by atoms with Crippen molar-refractivity contribution in [3.63, 3.8) is 0 Å². The van der Waals surface area contributed by atoms with Crippen LogP contribution in [0.1, 0.15) is 26.3 Å². The van der Waals surface area contributed by atoms with Gasteiger partial charge in [0, 0.05) is 14.1 Å². The number of aryl methyl sites for hydroxylation is 1. The van der Waals surface area contributed by atoms with Crippen LogP contribution in [0.4, 0.5) is 0 Å². The number of hydrogen-bond acceptors (Lipinski definition) is 4. The average Bonchev–Trinajstić information content (AvgIpc) is 2.43. The lowest BCUT2D eigenvalue weighted by Gasteiger charge is -2.20. The Labute approximate surface area is 112 Å². The summed E-state index contributed by atoms with van der Waals surface area (Å²) in [5.41, 5.74) is 1.28. The standard InChI is InChI=1S/C13H18N2O4/c1-9-7-6-8-10(12(16)14(2)18-4)11(9)13(17)15(3)19-5/h6-8H,1-5H3. The van der Waals surface area contributed by atoms with E-state index in [1.54, 1.807) is 25.1 Å². The molecule has 1 rings (SSSR count). The molecule has 0 atom stereocenters. The first-order valence-electron chi connectivity index (χ1n) is 5.68. The van der Waals surface area contributed by atoms with Crippen molar-refractivity contribution in [1.29, 1.82) is 0 Å². The molecule has 0 saturated carbocycles. The molecule has 0 aliphatic heterocycles. The van der Waals surface area contributed by atoms with Crippen LogP contribution < -0.4 is 0 Å². The highest BCUT2D eigenvalue weighted by Gasteiger charge is 2.24. The van der Waals surface area contributed by atoms with Crippen LogP contribution in [-0.4, -0.2) is 50.3 Å². The molecule has 0 aliphatic carbocycles. The Morgan fingerprint density at radius 1 is 1.00 bits per heavy atom. The summed E-state index contributed by atoms with van der Waals surface area (Å²) in [5, 5.41) is 2.14. The van der Waals surface area contributed by atoms with E-state index in [0.717, 1.165) is 10.1 Å². The van der Waals surface area contributed by atoms with Crippen molar-refractivity contribution in [3.05, 3.63) is 34.9 Å². The second-order valence-corrected chi connectivity index (χ2v) is 3.97. The van der Waals surface area contributed by atoms with Crippen molar-refractivity contribution in [1.82, 2.24) is 10.1 Å². The summed E-state index contributed by atoms with van der Waals surface area (Å²) in [5.74, 6) is -0.771. The van der Waals surface area contributed by atoms with Gasteiger partial charge in [0.1, 0.15) is 0 Å². The fourth-order valence-corrected chi connectivity index (χ4v) is 1.62. The summed E-state index contributed by atoms with van der Waals surface area (Å²) in [6.07, 6.45) is 0. The first kappa shape index (κ1) is 15.1. The molecule has 0 bridgehead atoms. The van der Waals surface area contributed by atoms with Crippen molar-refractivity contribution in [3.8, 4) is 0 Å². The van der Waals surface area contributed by atoms with Crippen LogP contribution in [0.2, 0.25) is 0 Å². The molecule has 2 amide bonds. The largest absolute Gasteiger partial charge is 0.278 e. The molecular formula is C13H18N2O4. The molecule has 0 radical (unpaired) electrons. The van der Waals surface area contributed by atoms with E-state index < -0.39 is 0 Å². The summed E-state index contributed by atoms with van der Waals surface area (Å²) in [6, 6.07) is 5.07. The molecule has 1 aromatic rings. The Bertz CT molecular complexity index is 488. The van der Waals surface area contributed by atoms with Gasteiger partial charge in [-0.2, -0.15) is 0 Å². The van der Waals surface area contributed by atoms with Crippen LogP contribution in [0.5, 0.6) is 0 Å². The summed E-state index contributed by atoms with van der Waals surface area (Å²) in [4.78, 5) is 34.1. The second kappa shape index (κ2) is 6.31. The number of amides is 2. The molecular weight excluding hydrogens is 248 g/mol. The summed E-state index contributed by atoms with van der Waals surface area (Å²) >= 11 is 0. The quantitative estimate of drug-likeness (QED) is 0.770. The van der Waals surface area contributed by atoms with Gasteiger partial charge in [-0.1, -0.05) is 12.1 Å². The van der Waals surface area contributed by atoms with Gasteiger partial charge >= 0.3 is 0 Å². The van der Waals surface area contributed by atoms with E-state index >= 15 is 0 Å². The number of hydrogen-bond donors (Lipinski definition) is 0. The van der Waals surface area contributed by atoms with Gasteiger partial charge in [0.05, 0.1) is 25.3 Å². The zero-order valence-electron chi connectivity index (χ0n) is 11.8. The van der Waals surface area contributed by atoms with Crippen molar-refractivity contribution >= 4 is 11.8 Å². The van der Waals surface area contributed by atoms with E-state index in [1.165, 1.54) is 28.3 Å². The van der Waals surface area contributed by atoms with E-state index in [-0.39, 0.29) is 17.4 Å². The third kappa shape index (κ3) is 3.10. The van der Waals surface area contributed by atoms with Gasteiger partial charge in [-0.25, -0.2) is 10.1 Å². The Hall–Kier alpha value is -1.92. The van der Waals surface area contributed by atoms with Crippen LogP contribution in [0.15, 0.2) is 18.2 Å². The summed E-state index contributed by atoms with van der Waals surface area (Å²) in [7, 11) is 5.75. The minimum absolute atomic E-state index is 0.276. The van der Waals surface area contributed by atoms with Crippen LogP contribution in [0.25, 0.3) is 0 Å². The number of carbonyl (C=O) groups is 2. The molecule has 0 heterocycles. The van der Waals surface area contributed by atoms with Gasteiger partial charge in [0.2, 0.25) is 0 Å². The Kier molecular flexibility index (Phi) is 5.02. The van der Waals surface area contributed by atoms with Gasteiger partial charge in [-0.15, -0.1) is 0 Å². The number of hydroxylamine groups is 4. The van der Waals surface area contributed by atoms with Crippen molar-refractivity contribution in [2.75, 3.05) is 28.3 Å². The van der Waals surface area contributed by atoms with Gasteiger partial charge < -0.3 is 0 Å². The Morgan fingerprint density at radius 2 is 1.53 bits per heavy atom. The molecule has 6 nitrogen and oxygen atoms in total. The average molecular weight is 266 g/mol. The summed E-state index contributed by atoms with van der Waals surface area (Å²) < 4.78 is 0. The monoisotopic (exact) mass is 266 g/mol. The smallest absolute Gasteiger partial charge is 0.274 e. The highest BCUT2D eigenvalue weighted by atomic mass is 16.7. The van der Waals surface area contributed by atoms with Crippen LogP contribution in [0.3, 0.4) is 0 Å². The van der Waals surface area contributed by atoms with Crippen LogP contribution in [0, 0.1) is 6.92 Å². The molecule has 0 aliphatic rings. The van der Waals surface area contributed by atoms with Crippen molar-refractivity contribution < 1.29 is 19.3 Å². The van der Waals surface area contributed by atoms with Gasteiger partial charge in [-0.05, 0) is 18.6 Å². The lowest BCUT2D eigenvalue weighted by Crippen LogP contribution is -2.31. The van der Waals surface area contributed by atoms with Crippen molar-refractivity contribution in [2.45, 2.75) is 6.92 Å². The van der Waals surface area contributed by atoms with Gasteiger partial charge in [0.15, 0.2) is 0 Å². The third-order valence-corrected chi connectivity index (χ3v) is 2.84. The van der Waals surface area contributed by atoms with Crippen LogP contribution >= 0.6 is 0 Å². The molecule has 6 heteroatoms. The molecule has 104 valence electrons. The maximum Gasteiger partial charge on any atom is 0.278 e. The highest BCUT2D eigenvalue weighted by Crippen LogP contribution is 2.18. The highest BCUT2D eigenvalue weighted by molar-refractivity contribution is 6.07. The SMILES string of the molecule is CON(C)C(=O)c1cccc(C)c1C(=O)N(C)OC. The van der Waals surface area contributed by atoms with Gasteiger partial charge in [0.25, 0.3) is 11.8 Å². The first-order valence-corrected chi connectivity index (χ1v) is 5.68. The fourth-order valence-electron chi connectivity index (χ4n) is 1.62. The molecule has 19 heavy (non-hydrogen) atoms. The molecule has 0 fully saturated rings. The van der Waals surface area contributed by atoms with Gasteiger partial charge in [-0.3, -0.25) is 19.3 Å². The molecule has 0 saturated heterocycles. The second-order valence-electron chi connectivity index (χ2n) is 3.97. The first-order chi connectivity index (χ1) is 8.93.